The van der Waals surface area contributed by atoms with Crippen molar-refractivity contribution in [1.29, 1.82) is 0 Å². The molecule has 6 heteroatoms. The van der Waals surface area contributed by atoms with Crippen molar-refractivity contribution in [2.45, 2.75) is 0 Å². The van der Waals surface area contributed by atoms with Gasteiger partial charge in [0.15, 0.2) is 0 Å². The standard InChI is InChI=1S/C4H12N.H2O.3O.Re/c1-5(2,3)4;;;;;/h1-4H3;1H2;;;;/q+1;;;;;+1/p-1. The molecular weight excluding hydrogens is 312 g/mol. The fraction of sp³-hybridized carbons (Fsp3) is 1.00. The summed E-state index contributed by atoms with van der Waals surface area (Å²) in [5.74, 6) is 0. The van der Waals surface area contributed by atoms with Crippen LogP contribution in [-0.2, 0) is 26.2 Å². The minimum atomic E-state index is -5.86. The van der Waals surface area contributed by atoms with Crippen LogP contribution in [0.1, 0.15) is 0 Å². The fourth-order valence-electron chi connectivity index (χ4n) is 0. The number of rotatable bonds is 0. The molecule has 0 aliphatic rings. The summed E-state index contributed by atoms with van der Waals surface area (Å²) in [5, 5.41) is 0. The average molecular weight is 325 g/mol. The van der Waals surface area contributed by atoms with E-state index in [2.05, 4.69) is 28.2 Å². The third-order valence-electron chi connectivity index (χ3n) is 0. The maximum absolute atomic E-state index is 8.75. The fourth-order valence-corrected chi connectivity index (χ4v) is 0. The van der Waals surface area contributed by atoms with E-state index in [1.54, 1.807) is 0 Å². The van der Waals surface area contributed by atoms with Gasteiger partial charge >= 0.3 is 30.0 Å². The van der Waals surface area contributed by atoms with Gasteiger partial charge in [-0.25, -0.2) is 0 Å². The van der Waals surface area contributed by atoms with Crippen LogP contribution in [0.15, 0.2) is 0 Å². The zero-order valence-corrected chi connectivity index (χ0v) is 9.21. The molecule has 0 spiro atoms. The zero-order chi connectivity index (χ0) is 9.00. The van der Waals surface area contributed by atoms with Crippen molar-refractivity contribution >= 4 is 0 Å². The first-order valence-corrected chi connectivity index (χ1v) is 6.96. The first kappa shape index (κ1) is 12.6. The maximum atomic E-state index is 8.75. The van der Waals surface area contributed by atoms with Crippen molar-refractivity contribution in [1.82, 2.24) is 0 Å². The SMILES string of the molecule is C[N+](C)(C)C.[O]=[Re](=[O])(=[O])[OH]. The van der Waals surface area contributed by atoms with Gasteiger partial charge in [0.05, 0.1) is 28.2 Å². The molecule has 0 amide bonds. The van der Waals surface area contributed by atoms with E-state index in [1.807, 2.05) is 0 Å². The Balaban J connectivity index is 0. The van der Waals surface area contributed by atoms with Crippen LogP contribution in [-0.4, -0.2) is 36.5 Å². The predicted molar refractivity (Wildman–Crippen MR) is 28.2 cm³/mol. The van der Waals surface area contributed by atoms with Gasteiger partial charge in [0.1, 0.15) is 0 Å². The summed E-state index contributed by atoms with van der Waals surface area (Å²) in [6.07, 6.45) is 0. The minimum absolute atomic E-state index is 1.00. The van der Waals surface area contributed by atoms with E-state index in [-0.39, 0.29) is 0 Å². The Morgan fingerprint density at radius 1 is 1.00 bits per heavy atom. The van der Waals surface area contributed by atoms with Crippen LogP contribution in [0, 0.1) is 0 Å². The number of quaternary nitrogens is 1. The molecule has 0 radical (unpaired) electrons. The average Bonchev–Trinajstić information content (AvgIpc) is 1.12. The molecule has 0 atom stereocenters. The van der Waals surface area contributed by atoms with E-state index in [0.29, 0.717) is 0 Å². The molecule has 0 unspecified atom stereocenters. The molecule has 0 aliphatic carbocycles. The normalized spacial score (nSPS) is 11.7. The summed E-state index contributed by atoms with van der Waals surface area (Å²) in [6.45, 7) is 0. The molecule has 0 bridgehead atoms. The molecule has 64 valence electrons. The second-order valence-electron chi connectivity index (χ2n) is 3.08. The number of hydrogen-bond donors (Lipinski definition) is 1. The van der Waals surface area contributed by atoms with Crippen molar-refractivity contribution < 1.29 is 34.5 Å². The Morgan fingerprint density at radius 2 is 1.00 bits per heavy atom. The van der Waals surface area contributed by atoms with Crippen molar-refractivity contribution in [3.8, 4) is 0 Å². The summed E-state index contributed by atoms with van der Waals surface area (Å²) in [4.78, 5) is 0. The van der Waals surface area contributed by atoms with Crippen LogP contribution in [0.2, 0.25) is 0 Å². The molecule has 0 aromatic rings. The van der Waals surface area contributed by atoms with Gasteiger partial charge in [-0.05, 0) is 0 Å². The summed E-state index contributed by atoms with van der Waals surface area (Å²) in [6, 6.07) is 0. The van der Waals surface area contributed by atoms with Crippen LogP contribution in [0.4, 0.5) is 0 Å². The van der Waals surface area contributed by atoms with Crippen LogP contribution in [0.25, 0.3) is 0 Å². The Bertz CT molecular complexity index is 195. The summed E-state index contributed by atoms with van der Waals surface area (Å²) in [7, 11) is 8.50. The van der Waals surface area contributed by atoms with Crippen LogP contribution in [0.3, 0.4) is 0 Å². The van der Waals surface area contributed by atoms with E-state index in [1.165, 1.54) is 0 Å². The molecule has 0 rings (SSSR count). The molecule has 0 aromatic carbocycles. The molecule has 1 N–H and O–H groups in total. The van der Waals surface area contributed by atoms with Gasteiger partial charge in [-0.2, -0.15) is 0 Å². The van der Waals surface area contributed by atoms with Gasteiger partial charge < -0.3 is 4.48 Å². The molecular formula is C4H13NO4Re+. The van der Waals surface area contributed by atoms with Crippen molar-refractivity contribution in [2.75, 3.05) is 28.2 Å². The summed E-state index contributed by atoms with van der Waals surface area (Å²) in [5.41, 5.74) is 0. The van der Waals surface area contributed by atoms with Crippen LogP contribution < -0.4 is 0 Å². The van der Waals surface area contributed by atoms with Crippen molar-refractivity contribution in [3.05, 3.63) is 0 Å². The van der Waals surface area contributed by atoms with Gasteiger partial charge in [0.25, 0.3) is 0 Å². The van der Waals surface area contributed by atoms with E-state index in [4.69, 9.17) is 14.2 Å². The molecule has 0 saturated heterocycles. The first-order chi connectivity index (χ1) is 4.00. The van der Waals surface area contributed by atoms with Gasteiger partial charge in [0.2, 0.25) is 0 Å². The van der Waals surface area contributed by atoms with E-state index < -0.39 is 15.8 Å². The predicted octanol–water partition coefficient (Wildman–Crippen LogP) is -0.594. The van der Waals surface area contributed by atoms with Gasteiger partial charge in [-0.1, -0.05) is 0 Å². The van der Waals surface area contributed by atoms with Crippen LogP contribution in [0.5, 0.6) is 0 Å². The zero-order valence-electron chi connectivity index (χ0n) is 6.50. The monoisotopic (exact) mass is 326 g/mol. The van der Waals surface area contributed by atoms with Crippen molar-refractivity contribution in [3.63, 3.8) is 0 Å². The molecule has 0 fully saturated rings. The van der Waals surface area contributed by atoms with E-state index >= 15 is 0 Å². The molecule has 0 heterocycles. The third kappa shape index (κ3) is 1250000. The van der Waals surface area contributed by atoms with Crippen molar-refractivity contribution in [2.24, 2.45) is 0 Å². The van der Waals surface area contributed by atoms with E-state index in [9.17, 15) is 0 Å². The summed E-state index contributed by atoms with van der Waals surface area (Å²) < 4.78 is 34.3. The molecule has 0 aliphatic heterocycles. The third-order valence-corrected chi connectivity index (χ3v) is 0. The Hall–Kier alpha value is -0.0177. The van der Waals surface area contributed by atoms with Gasteiger partial charge in [-0.3, -0.25) is 0 Å². The number of nitrogens with zero attached hydrogens (tertiary/aromatic N) is 1. The molecule has 10 heavy (non-hydrogen) atoms. The van der Waals surface area contributed by atoms with E-state index in [0.717, 1.165) is 4.48 Å². The Labute approximate surface area is 63.2 Å². The Morgan fingerprint density at radius 3 is 1.00 bits per heavy atom. The second-order valence-corrected chi connectivity index (χ2v) is 5.92. The molecule has 0 aromatic heterocycles. The van der Waals surface area contributed by atoms with Gasteiger partial charge in [0, 0.05) is 0 Å². The van der Waals surface area contributed by atoms with Crippen LogP contribution >= 0.6 is 0 Å². The first-order valence-electron chi connectivity index (χ1n) is 2.42. The Kier molecular flexibility index (Phi) is 5.04. The quantitative estimate of drug-likeness (QED) is 0.604. The number of hydrogen-bond acceptors (Lipinski definition) is 3. The molecule has 0 saturated carbocycles. The van der Waals surface area contributed by atoms with Gasteiger partial charge in [-0.15, -0.1) is 0 Å². The second kappa shape index (κ2) is 3.99. The topological polar surface area (TPSA) is 71.4 Å². The summed E-state index contributed by atoms with van der Waals surface area (Å²) >= 11 is -5.86. The molecule has 5 nitrogen and oxygen atoms in total.